The van der Waals surface area contributed by atoms with Crippen LogP contribution in [0.15, 0.2) is 0 Å². The van der Waals surface area contributed by atoms with Crippen molar-refractivity contribution in [3.05, 3.63) is 0 Å². The van der Waals surface area contributed by atoms with E-state index in [1.807, 2.05) is 4.90 Å². The molecule has 0 aliphatic carbocycles. The zero-order chi connectivity index (χ0) is 12.6. The number of urea groups is 1. The van der Waals surface area contributed by atoms with Crippen molar-refractivity contribution in [3.63, 3.8) is 0 Å². The molecule has 1 atom stereocenters. The lowest BCUT2D eigenvalue weighted by atomic mass is 9.93. The molecule has 5 nitrogen and oxygen atoms in total. The first-order valence-corrected chi connectivity index (χ1v) is 6.21. The normalized spacial score (nSPS) is 25.1. The number of hydrogen-bond acceptors (Lipinski definition) is 2. The van der Waals surface area contributed by atoms with Gasteiger partial charge in [-0.05, 0) is 33.1 Å². The van der Waals surface area contributed by atoms with E-state index >= 15 is 0 Å². The number of carbonyl (C=O) groups is 2. The first-order valence-electron chi connectivity index (χ1n) is 6.21. The average Bonchev–Trinajstić information content (AvgIpc) is 2.56. The lowest BCUT2D eigenvalue weighted by molar-refractivity contribution is -0.147. The van der Waals surface area contributed by atoms with Gasteiger partial charge in [0.25, 0.3) is 0 Å². The highest BCUT2D eigenvalue weighted by Gasteiger charge is 2.41. The van der Waals surface area contributed by atoms with Crippen molar-refractivity contribution in [1.82, 2.24) is 9.80 Å². The Labute approximate surface area is 101 Å². The Morgan fingerprint density at radius 3 is 2.76 bits per heavy atom. The van der Waals surface area contributed by atoms with E-state index in [9.17, 15) is 9.59 Å². The molecule has 0 spiro atoms. The molecule has 0 radical (unpaired) electrons. The minimum atomic E-state index is -0.871. The number of fused-ring (bicyclic) bond motifs is 1. The van der Waals surface area contributed by atoms with Gasteiger partial charge < -0.3 is 14.9 Å². The average molecular weight is 240 g/mol. The number of nitrogens with zero attached hydrogens (tertiary/aromatic N) is 2. The summed E-state index contributed by atoms with van der Waals surface area (Å²) in [7, 11) is 0. The summed E-state index contributed by atoms with van der Waals surface area (Å²) in [4.78, 5) is 26.8. The molecule has 2 rings (SSSR count). The molecule has 0 aromatic heterocycles. The molecule has 2 heterocycles. The van der Waals surface area contributed by atoms with E-state index in [0.717, 1.165) is 19.4 Å². The molecule has 96 valence electrons. The molecular weight excluding hydrogens is 220 g/mol. The van der Waals surface area contributed by atoms with Gasteiger partial charge in [-0.2, -0.15) is 0 Å². The van der Waals surface area contributed by atoms with Crippen LogP contribution in [0.4, 0.5) is 4.79 Å². The van der Waals surface area contributed by atoms with Crippen molar-refractivity contribution >= 4 is 12.0 Å². The summed E-state index contributed by atoms with van der Waals surface area (Å²) in [6, 6.07) is 0.324. The van der Waals surface area contributed by atoms with E-state index in [-0.39, 0.29) is 6.03 Å². The van der Waals surface area contributed by atoms with Crippen molar-refractivity contribution in [1.29, 1.82) is 0 Å². The Balaban J connectivity index is 2.04. The Hall–Kier alpha value is -1.26. The number of piperidine rings is 1. The van der Waals surface area contributed by atoms with E-state index in [2.05, 4.69) is 0 Å². The maximum absolute atomic E-state index is 12.1. The Morgan fingerprint density at radius 1 is 1.47 bits per heavy atom. The maximum Gasteiger partial charge on any atom is 0.320 e. The van der Waals surface area contributed by atoms with Crippen molar-refractivity contribution in [3.8, 4) is 0 Å². The Bertz CT molecular complexity index is 341. The topological polar surface area (TPSA) is 60.9 Å². The van der Waals surface area contributed by atoms with Crippen LogP contribution in [0.1, 0.15) is 33.1 Å². The van der Waals surface area contributed by atoms with E-state index in [1.54, 1.807) is 18.7 Å². The molecule has 2 amide bonds. The summed E-state index contributed by atoms with van der Waals surface area (Å²) >= 11 is 0. The Kier molecular flexibility index (Phi) is 3.02. The molecule has 17 heavy (non-hydrogen) atoms. The minimum absolute atomic E-state index is 0.0176. The first kappa shape index (κ1) is 12.2. The van der Waals surface area contributed by atoms with Gasteiger partial charge >= 0.3 is 12.0 Å². The van der Waals surface area contributed by atoms with Crippen LogP contribution >= 0.6 is 0 Å². The molecule has 0 bridgehead atoms. The summed E-state index contributed by atoms with van der Waals surface area (Å²) in [5.41, 5.74) is -0.871. The smallest absolute Gasteiger partial charge is 0.320 e. The van der Waals surface area contributed by atoms with Gasteiger partial charge in [0.1, 0.15) is 0 Å². The molecule has 2 saturated heterocycles. The summed E-state index contributed by atoms with van der Waals surface area (Å²) in [6.07, 6.45) is 3.29. The highest BCUT2D eigenvalue weighted by Crippen LogP contribution is 2.28. The summed E-state index contributed by atoms with van der Waals surface area (Å²) < 4.78 is 0. The highest BCUT2D eigenvalue weighted by molar-refractivity contribution is 5.79. The van der Waals surface area contributed by atoms with Crippen LogP contribution in [0.5, 0.6) is 0 Å². The van der Waals surface area contributed by atoms with E-state index in [0.29, 0.717) is 19.1 Å². The SMILES string of the molecule is CC(C)(CN1C[C@@H]2CCCCN2C1=O)C(=O)O. The van der Waals surface area contributed by atoms with Gasteiger partial charge in [-0.25, -0.2) is 4.79 Å². The number of rotatable bonds is 3. The fraction of sp³-hybridized carbons (Fsp3) is 0.833. The number of carbonyl (C=O) groups excluding carboxylic acids is 1. The molecule has 0 aromatic rings. The van der Waals surface area contributed by atoms with Gasteiger partial charge in [-0.3, -0.25) is 4.79 Å². The van der Waals surface area contributed by atoms with Crippen molar-refractivity contribution in [2.45, 2.75) is 39.2 Å². The quantitative estimate of drug-likeness (QED) is 0.810. The number of hydrogen-bond donors (Lipinski definition) is 1. The zero-order valence-electron chi connectivity index (χ0n) is 10.5. The third kappa shape index (κ3) is 2.23. The minimum Gasteiger partial charge on any atom is -0.481 e. The van der Waals surface area contributed by atoms with Gasteiger partial charge in [0, 0.05) is 19.6 Å². The van der Waals surface area contributed by atoms with Crippen molar-refractivity contribution in [2.24, 2.45) is 5.41 Å². The molecule has 5 heteroatoms. The van der Waals surface area contributed by atoms with Crippen LogP contribution in [0.25, 0.3) is 0 Å². The largest absolute Gasteiger partial charge is 0.481 e. The van der Waals surface area contributed by atoms with Gasteiger partial charge in [0.15, 0.2) is 0 Å². The van der Waals surface area contributed by atoms with Crippen LogP contribution in [0.2, 0.25) is 0 Å². The van der Waals surface area contributed by atoms with Gasteiger partial charge in [-0.15, -0.1) is 0 Å². The van der Waals surface area contributed by atoms with E-state index in [4.69, 9.17) is 5.11 Å². The number of carboxylic acid groups (broad SMARTS) is 1. The number of amides is 2. The lowest BCUT2D eigenvalue weighted by Crippen LogP contribution is -2.42. The number of aliphatic carboxylic acids is 1. The predicted molar refractivity (Wildman–Crippen MR) is 62.7 cm³/mol. The molecule has 0 saturated carbocycles. The molecule has 0 aromatic carbocycles. The first-order chi connectivity index (χ1) is 7.92. The maximum atomic E-state index is 12.1. The summed E-state index contributed by atoms with van der Waals surface area (Å²) in [5, 5.41) is 9.09. The van der Waals surface area contributed by atoms with Crippen molar-refractivity contribution < 1.29 is 14.7 Å². The second-order valence-corrected chi connectivity index (χ2v) is 5.70. The third-order valence-corrected chi connectivity index (χ3v) is 3.74. The molecule has 2 aliphatic heterocycles. The highest BCUT2D eigenvalue weighted by atomic mass is 16.4. The van der Waals surface area contributed by atoms with Gasteiger partial charge in [0.05, 0.1) is 11.5 Å². The van der Waals surface area contributed by atoms with Gasteiger partial charge in [-0.1, -0.05) is 0 Å². The molecule has 2 aliphatic rings. The fourth-order valence-corrected chi connectivity index (χ4v) is 2.63. The summed E-state index contributed by atoms with van der Waals surface area (Å²) in [5.74, 6) is -0.852. The van der Waals surface area contributed by atoms with Crippen LogP contribution < -0.4 is 0 Å². The lowest BCUT2D eigenvalue weighted by Gasteiger charge is -2.28. The number of carboxylic acids is 1. The van der Waals surface area contributed by atoms with E-state index in [1.165, 1.54) is 6.42 Å². The van der Waals surface area contributed by atoms with Gasteiger partial charge in [0.2, 0.25) is 0 Å². The predicted octanol–water partition coefficient (Wildman–Crippen LogP) is 1.39. The fourth-order valence-electron chi connectivity index (χ4n) is 2.63. The van der Waals surface area contributed by atoms with Crippen LogP contribution in [0, 0.1) is 5.41 Å². The van der Waals surface area contributed by atoms with E-state index < -0.39 is 11.4 Å². The monoisotopic (exact) mass is 240 g/mol. The second-order valence-electron chi connectivity index (χ2n) is 5.70. The third-order valence-electron chi connectivity index (χ3n) is 3.74. The molecular formula is C12H20N2O3. The Morgan fingerprint density at radius 2 is 2.18 bits per heavy atom. The molecule has 2 fully saturated rings. The summed E-state index contributed by atoms with van der Waals surface area (Å²) in [6.45, 7) is 5.15. The van der Waals surface area contributed by atoms with Crippen LogP contribution in [-0.4, -0.2) is 52.6 Å². The van der Waals surface area contributed by atoms with Crippen LogP contribution in [-0.2, 0) is 4.79 Å². The van der Waals surface area contributed by atoms with Crippen molar-refractivity contribution in [2.75, 3.05) is 19.6 Å². The molecule has 0 unspecified atom stereocenters. The van der Waals surface area contributed by atoms with Crippen LogP contribution in [0.3, 0.4) is 0 Å². The standard InChI is InChI=1S/C12H20N2O3/c1-12(2,10(15)16)8-13-7-9-5-3-4-6-14(9)11(13)17/h9H,3-8H2,1-2H3,(H,15,16)/t9-/m0/s1. The zero-order valence-corrected chi connectivity index (χ0v) is 10.5. The molecule has 1 N–H and O–H groups in total. The second kappa shape index (κ2) is 4.20.